The van der Waals surface area contributed by atoms with Crippen LogP contribution in [-0.4, -0.2) is 29.2 Å². The minimum atomic E-state index is -0.367. The van der Waals surface area contributed by atoms with Crippen LogP contribution in [0.2, 0.25) is 0 Å². The molecule has 1 saturated heterocycles. The Balaban J connectivity index is 2.22. The van der Waals surface area contributed by atoms with Gasteiger partial charge in [0.05, 0.1) is 4.92 Å². The molecule has 1 atom stereocenters. The molecule has 0 amide bonds. The van der Waals surface area contributed by atoms with Gasteiger partial charge in [-0.15, -0.1) is 0 Å². The lowest BCUT2D eigenvalue weighted by Crippen LogP contribution is -2.40. The number of hydrogen-bond donors (Lipinski definition) is 1. The summed E-state index contributed by atoms with van der Waals surface area (Å²) in [4.78, 5) is 12.6. The summed E-state index contributed by atoms with van der Waals surface area (Å²) in [6, 6.07) is 7.05. The van der Waals surface area contributed by atoms with Crippen LogP contribution in [0.15, 0.2) is 24.3 Å². The number of rotatable bonds is 4. The largest absolute Gasteiger partial charge is 0.396 e. The molecule has 1 aromatic carbocycles. The van der Waals surface area contributed by atoms with E-state index in [4.69, 9.17) is 5.11 Å². The lowest BCUT2D eigenvalue weighted by Gasteiger charge is -2.37. The average molecular weight is 250 g/mol. The zero-order valence-electron chi connectivity index (χ0n) is 10.3. The second-order valence-corrected chi connectivity index (χ2v) is 4.63. The highest BCUT2D eigenvalue weighted by atomic mass is 16.6. The van der Waals surface area contributed by atoms with Crippen molar-refractivity contribution >= 4 is 11.4 Å². The number of nitrogens with zero attached hydrogens (tertiary/aromatic N) is 2. The van der Waals surface area contributed by atoms with Gasteiger partial charge in [0.1, 0.15) is 0 Å². The highest BCUT2D eigenvalue weighted by Gasteiger charge is 2.23. The van der Waals surface area contributed by atoms with Gasteiger partial charge in [-0.25, -0.2) is 0 Å². The SMILES string of the molecule is O=[N+]([O-])c1cccc(N2CCCCC2CCO)c1. The van der Waals surface area contributed by atoms with E-state index >= 15 is 0 Å². The van der Waals surface area contributed by atoms with Gasteiger partial charge in [-0.3, -0.25) is 10.1 Å². The van der Waals surface area contributed by atoms with Gasteiger partial charge in [0, 0.05) is 37.0 Å². The molecule has 2 rings (SSSR count). The number of piperidine rings is 1. The van der Waals surface area contributed by atoms with E-state index < -0.39 is 0 Å². The fraction of sp³-hybridized carbons (Fsp3) is 0.538. The van der Waals surface area contributed by atoms with E-state index in [-0.39, 0.29) is 17.2 Å². The van der Waals surface area contributed by atoms with E-state index in [1.165, 1.54) is 6.07 Å². The number of anilines is 1. The molecular weight excluding hydrogens is 232 g/mol. The molecule has 1 unspecified atom stereocenters. The fourth-order valence-electron chi connectivity index (χ4n) is 2.57. The van der Waals surface area contributed by atoms with E-state index in [1.807, 2.05) is 6.07 Å². The molecule has 1 fully saturated rings. The van der Waals surface area contributed by atoms with E-state index in [2.05, 4.69) is 4.90 Å². The zero-order chi connectivity index (χ0) is 13.0. The zero-order valence-corrected chi connectivity index (χ0v) is 10.3. The molecule has 1 aliphatic heterocycles. The molecule has 0 bridgehead atoms. The summed E-state index contributed by atoms with van der Waals surface area (Å²) in [5.41, 5.74) is 1.02. The lowest BCUT2D eigenvalue weighted by atomic mass is 9.98. The molecule has 98 valence electrons. The molecule has 1 aromatic rings. The maximum atomic E-state index is 10.8. The first-order valence-corrected chi connectivity index (χ1v) is 6.34. The molecule has 0 saturated carbocycles. The van der Waals surface area contributed by atoms with Gasteiger partial charge in [-0.2, -0.15) is 0 Å². The second-order valence-electron chi connectivity index (χ2n) is 4.63. The second kappa shape index (κ2) is 5.82. The number of benzene rings is 1. The van der Waals surface area contributed by atoms with Crippen LogP contribution in [0.5, 0.6) is 0 Å². The van der Waals surface area contributed by atoms with E-state index in [0.717, 1.165) is 37.9 Å². The third kappa shape index (κ3) is 2.79. The highest BCUT2D eigenvalue weighted by Crippen LogP contribution is 2.28. The maximum Gasteiger partial charge on any atom is 0.271 e. The smallest absolute Gasteiger partial charge is 0.271 e. The molecule has 1 N–H and O–H groups in total. The van der Waals surface area contributed by atoms with Crippen molar-refractivity contribution < 1.29 is 10.0 Å². The normalized spacial score (nSPS) is 19.8. The van der Waals surface area contributed by atoms with Crippen LogP contribution in [-0.2, 0) is 0 Å². The number of aliphatic hydroxyl groups excluding tert-OH is 1. The molecule has 0 aromatic heterocycles. The predicted octanol–water partition coefficient (Wildman–Crippen LogP) is 2.34. The number of nitro benzene ring substituents is 1. The van der Waals surface area contributed by atoms with Crippen molar-refractivity contribution in [2.24, 2.45) is 0 Å². The predicted molar refractivity (Wildman–Crippen MR) is 69.8 cm³/mol. The first kappa shape index (κ1) is 12.8. The molecule has 1 aliphatic rings. The summed E-state index contributed by atoms with van der Waals surface area (Å²) in [7, 11) is 0. The van der Waals surface area contributed by atoms with Crippen LogP contribution >= 0.6 is 0 Å². The molecule has 5 heteroatoms. The van der Waals surface area contributed by atoms with Gasteiger partial charge in [-0.05, 0) is 31.7 Å². The summed E-state index contributed by atoms with van der Waals surface area (Å²) >= 11 is 0. The Morgan fingerprint density at radius 3 is 3.00 bits per heavy atom. The molecule has 0 spiro atoms. The van der Waals surface area contributed by atoms with Crippen molar-refractivity contribution in [1.82, 2.24) is 0 Å². The van der Waals surface area contributed by atoms with Gasteiger partial charge in [0.2, 0.25) is 0 Å². The van der Waals surface area contributed by atoms with Gasteiger partial charge in [0.15, 0.2) is 0 Å². The third-order valence-corrected chi connectivity index (χ3v) is 3.46. The maximum absolute atomic E-state index is 10.8. The first-order valence-electron chi connectivity index (χ1n) is 6.34. The molecule has 0 radical (unpaired) electrons. The van der Waals surface area contributed by atoms with Crippen LogP contribution in [0.4, 0.5) is 11.4 Å². The molecule has 0 aliphatic carbocycles. The topological polar surface area (TPSA) is 66.6 Å². The molecule has 18 heavy (non-hydrogen) atoms. The Morgan fingerprint density at radius 2 is 2.28 bits per heavy atom. The number of hydrogen-bond acceptors (Lipinski definition) is 4. The molecular formula is C13H18N2O3. The highest BCUT2D eigenvalue weighted by molar-refractivity contribution is 5.54. The minimum absolute atomic E-state index is 0.126. The third-order valence-electron chi connectivity index (χ3n) is 3.46. The Hall–Kier alpha value is -1.62. The lowest BCUT2D eigenvalue weighted by molar-refractivity contribution is -0.384. The molecule has 1 heterocycles. The molecule has 5 nitrogen and oxygen atoms in total. The summed E-state index contributed by atoms with van der Waals surface area (Å²) < 4.78 is 0. The van der Waals surface area contributed by atoms with Crippen molar-refractivity contribution in [1.29, 1.82) is 0 Å². The number of aliphatic hydroxyl groups is 1. The van der Waals surface area contributed by atoms with Crippen molar-refractivity contribution in [3.05, 3.63) is 34.4 Å². The van der Waals surface area contributed by atoms with E-state index in [0.29, 0.717) is 6.04 Å². The van der Waals surface area contributed by atoms with Gasteiger partial charge in [0.25, 0.3) is 5.69 Å². The standard InChI is InChI=1S/C13H18N2O3/c16-9-7-11-4-1-2-8-14(11)12-5-3-6-13(10-12)15(17)18/h3,5-6,10-11,16H,1-2,4,7-9H2. The van der Waals surface area contributed by atoms with Crippen LogP contribution in [0.3, 0.4) is 0 Å². The quantitative estimate of drug-likeness (QED) is 0.658. The summed E-state index contributed by atoms with van der Waals surface area (Å²) in [5, 5.41) is 19.9. The Morgan fingerprint density at radius 1 is 1.44 bits per heavy atom. The summed E-state index contributed by atoms with van der Waals surface area (Å²) in [6.07, 6.45) is 4.03. The van der Waals surface area contributed by atoms with Crippen molar-refractivity contribution in [2.45, 2.75) is 31.7 Å². The van der Waals surface area contributed by atoms with Crippen LogP contribution in [0, 0.1) is 10.1 Å². The first-order chi connectivity index (χ1) is 8.72. The van der Waals surface area contributed by atoms with Crippen LogP contribution in [0.25, 0.3) is 0 Å². The van der Waals surface area contributed by atoms with Crippen molar-refractivity contribution in [3.63, 3.8) is 0 Å². The monoisotopic (exact) mass is 250 g/mol. The Bertz CT molecular complexity index is 420. The van der Waals surface area contributed by atoms with Gasteiger partial charge in [-0.1, -0.05) is 6.07 Å². The Kier molecular flexibility index (Phi) is 4.15. The van der Waals surface area contributed by atoms with E-state index in [9.17, 15) is 10.1 Å². The Labute approximate surface area is 106 Å². The minimum Gasteiger partial charge on any atom is -0.396 e. The summed E-state index contributed by atoms with van der Waals surface area (Å²) in [6.45, 7) is 1.07. The van der Waals surface area contributed by atoms with Crippen molar-refractivity contribution in [2.75, 3.05) is 18.1 Å². The van der Waals surface area contributed by atoms with E-state index in [1.54, 1.807) is 12.1 Å². The number of nitro groups is 1. The average Bonchev–Trinajstić information content (AvgIpc) is 2.40. The summed E-state index contributed by atoms with van der Waals surface area (Å²) in [5.74, 6) is 0. The van der Waals surface area contributed by atoms with Crippen LogP contribution in [0.1, 0.15) is 25.7 Å². The van der Waals surface area contributed by atoms with Crippen molar-refractivity contribution in [3.8, 4) is 0 Å². The fourth-order valence-corrected chi connectivity index (χ4v) is 2.57. The van der Waals surface area contributed by atoms with Gasteiger partial charge >= 0.3 is 0 Å². The number of non-ortho nitro benzene ring substituents is 1. The van der Waals surface area contributed by atoms with Crippen LogP contribution < -0.4 is 4.90 Å². The van der Waals surface area contributed by atoms with Gasteiger partial charge < -0.3 is 10.0 Å².